The molecule has 2 aromatic carbocycles. The number of ether oxygens (including phenoxy) is 2. The monoisotopic (exact) mass is 735 g/mol. The summed E-state index contributed by atoms with van der Waals surface area (Å²) < 4.78 is 41.8. The summed E-state index contributed by atoms with van der Waals surface area (Å²) in [6.45, 7) is 12.0. The first-order chi connectivity index (χ1) is 23.5. The molecule has 2 fully saturated rings. The van der Waals surface area contributed by atoms with Crippen LogP contribution in [0.25, 0.3) is 0 Å². The number of hydrogen-bond acceptors (Lipinski definition) is 9. The molecular weight excluding hydrogens is 696 g/mol. The lowest BCUT2D eigenvalue weighted by Crippen LogP contribution is -2.43. The van der Waals surface area contributed by atoms with Crippen molar-refractivity contribution in [3.05, 3.63) is 88.8 Å². The van der Waals surface area contributed by atoms with Gasteiger partial charge in [-0.3, -0.25) is 0 Å². The molecule has 49 heavy (non-hydrogen) atoms. The van der Waals surface area contributed by atoms with Gasteiger partial charge in [-0.1, -0.05) is 12.1 Å². The van der Waals surface area contributed by atoms with Gasteiger partial charge in [0.15, 0.2) is 5.82 Å². The molecule has 5 aromatic rings. The van der Waals surface area contributed by atoms with Gasteiger partial charge in [-0.15, -0.1) is 5.10 Å². The van der Waals surface area contributed by atoms with Gasteiger partial charge in [0.25, 0.3) is 0 Å². The van der Waals surface area contributed by atoms with Gasteiger partial charge in [0.2, 0.25) is 4.73 Å². The zero-order chi connectivity index (χ0) is 34.7. The number of piperidine rings is 1. The molecule has 7 rings (SSSR count). The van der Waals surface area contributed by atoms with Crippen LogP contribution in [0.5, 0.6) is 23.5 Å². The third-order valence-corrected chi connectivity index (χ3v) is 9.10. The third kappa shape index (κ3) is 8.41. The van der Waals surface area contributed by atoms with Crippen molar-refractivity contribution in [3.63, 3.8) is 0 Å². The number of nitrogens with zero attached hydrogens (tertiary/aromatic N) is 9. The molecule has 2 aliphatic rings. The molecule has 2 bridgehead atoms. The van der Waals surface area contributed by atoms with E-state index in [1.165, 1.54) is 37.1 Å². The highest BCUT2D eigenvalue weighted by Gasteiger charge is 2.43. The SMILES string of the molecule is CC(C)n1nc(Br)nc1Oc1cccc(F)c1.Cc1cc(N2C[C@H]3CC[C@@H](C2)C3Cc2nc(Oc3cccc(F)c3)n(C(C)C)n2)ncn1. The summed E-state index contributed by atoms with van der Waals surface area (Å²) in [5.74, 6) is 3.73. The average molecular weight is 737 g/mol. The van der Waals surface area contributed by atoms with Gasteiger partial charge < -0.3 is 14.4 Å². The van der Waals surface area contributed by atoms with Crippen LogP contribution in [0.3, 0.4) is 0 Å². The maximum atomic E-state index is 13.6. The number of benzene rings is 2. The standard InChI is InChI=1S/C24H29FN6O.C11H11BrFN3O/c1-15(2)31-24(32-20-6-4-5-19(25)10-20)28-22(29-31)11-21-17-7-8-18(21)13-30(12-17)23-9-16(3)26-14-27-23;1-7(2)16-11(14-10(12)15-16)17-9-5-3-4-8(13)6-9/h4-6,9-10,14-15,17-18,21H,7-8,11-13H2,1-3H3;3-7H,1-2H3/t17-,18+,21?;. The van der Waals surface area contributed by atoms with Gasteiger partial charge in [0.1, 0.15) is 35.3 Å². The summed E-state index contributed by atoms with van der Waals surface area (Å²) in [7, 11) is 0. The predicted octanol–water partition coefficient (Wildman–Crippen LogP) is 8.15. The molecule has 1 saturated heterocycles. The van der Waals surface area contributed by atoms with Crippen molar-refractivity contribution in [1.82, 2.24) is 39.5 Å². The molecule has 3 aromatic heterocycles. The van der Waals surface area contributed by atoms with E-state index in [4.69, 9.17) is 19.6 Å². The van der Waals surface area contributed by atoms with E-state index in [1.807, 2.05) is 34.6 Å². The van der Waals surface area contributed by atoms with Crippen LogP contribution in [-0.2, 0) is 6.42 Å². The number of rotatable bonds is 9. The average Bonchev–Trinajstić information content (AvgIpc) is 3.69. The molecule has 0 radical (unpaired) electrons. The molecule has 0 spiro atoms. The maximum Gasteiger partial charge on any atom is 0.321 e. The van der Waals surface area contributed by atoms with Crippen molar-refractivity contribution in [3.8, 4) is 23.5 Å². The van der Waals surface area contributed by atoms with E-state index >= 15 is 0 Å². The van der Waals surface area contributed by atoms with Gasteiger partial charge in [0.05, 0.1) is 12.1 Å². The largest absolute Gasteiger partial charge is 0.424 e. The van der Waals surface area contributed by atoms with Gasteiger partial charge >= 0.3 is 12.0 Å². The van der Waals surface area contributed by atoms with E-state index in [1.54, 1.807) is 40.0 Å². The summed E-state index contributed by atoms with van der Waals surface area (Å²) in [5.41, 5.74) is 0.999. The second-order valence-electron chi connectivity index (χ2n) is 13.1. The Kier molecular flexibility index (Phi) is 10.5. The molecule has 1 aliphatic carbocycles. The molecular formula is C35H40BrF2N9O2. The van der Waals surface area contributed by atoms with Gasteiger partial charge in [-0.05, 0) is 105 Å². The highest BCUT2D eigenvalue weighted by molar-refractivity contribution is 9.10. The Morgan fingerprint density at radius 3 is 1.92 bits per heavy atom. The molecule has 3 atom stereocenters. The summed E-state index contributed by atoms with van der Waals surface area (Å²) in [6.07, 6.45) is 4.95. The minimum absolute atomic E-state index is 0.0967. The van der Waals surface area contributed by atoms with E-state index in [9.17, 15) is 8.78 Å². The van der Waals surface area contributed by atoms with Crippen molar-refractivity contribution in [2.45, 2.75) is 66.0 Å². The minimum Gasteiger partial charge on any atom is -0.424 e. The molecule has 1 saturated carbocycles. The van der Waals surface area contributed by atoms with Crippen LogP contribution in [0.1, 0.15) is 64.1 Å². The molecule has 1 aliphatic heterocycles. The quantitative estimate of drug-likeness (QED) is 0.148. The first kappa shape index (κ1) is 34.4. The van der Waals surface area contributed by atoms with E-state index < -0.39 is 0 Å². The zero-order valence-corrected chi connectivity index (χ0v) is 29.8. The summed E-state index contributed by atoms with van der Waals surface area (Å²) >= 11 is 3.18. The molecule has 4 heterocycles. The lowest BCUT2D eigenvalue weighted by Gasteiger charge is -2.38. The number of anilines is 1. The van der Waals surface area contributed by atoms with Crippen LogP contribution in [0.15, 0.2) is 65.7 Å². The van der Waals surface area contributed by atoms with E-state index in [0.717, 1.165) is 36.8 Å². The molecule has 0 N–H and O–H groups in total. The van der Waals surface area contributed by atoms with Crippen LogP contribution < -0.4 is 14.4 Å². The number of aromatic nitrogens is 8. The fraction of sp³-hybridized carbons (Fsp3) is 0.429. The van der Waals surface area contributed by atoms with Crippen molar-refractivity contribution >= 4 is 21.7 Å². The number of fused-ring (bicyclic) bond motifs is 2. The number of aryl methyl sites for hydroxylation is 1. The second-order valence-corrected chi connectivity index (χ2v) is 13.8. The Morgan fingerprint density at radius 1 is 0.796 bits per heavy atom. The first-order valence-corrected chi connectivity index (χ1v) is 17.3. The van der Waals surface area contributed by atoms with E-state index in [0.29, 0.717) is 46.0 Å². The van der Waals surface area contributed by atoms with Crippen LogP contribution in [0.2, 0.25) is 0 Å². The van der Waals surface area contributed by atoms with Crippen LogP contribution in [-0.4, -0.2) is 52.6 Å². The fourth-order valence-electron chi connectivity index (χ4n) is 6.49. The van der Waals surface area contributed by atoms with Crippen molar-refractivity contribution in [1.29, 1.82) is 0 Å². The second kappa shape index (κ2) is 15.0. The van der Waals surface area contributed by atoms with Crippen molar-refractivity contribution in [2.75, 3.05) is 18.0 Å². The first-order valence-electron chi connectivity index (χ1n) is 16.5. The Hall–Kier alpha value is -4.46. The van der Waals surface area contributed by atoms with Gasteiger partial charge in [-0.25, -0.2) is 28.1 Å². The lowest BCUT2D eigenvalue weighted by molar-refractivity contribution is 0.264. The number of hydrogen-bond donors (Lipinski definition) is 0. The lowest BCUT2D eigenvalue weighted by atomic mass is 9.82. The maximum absolute atomic E-state index is 13.6. The Bertz CT molecular complexity index is 1870. The molecule has 1 unspecified atom stereocenters. The topological polar surface area (TPSA) is 109 Å². The summed E-state index contributed by atoms with van der Waals surface area (Å²) in [5, 5.41) is 8.89. The molecule has 14 heteroatoms. The summed E-state index contributed by atoms with van der Waals surface area (Å²) in [4.78, 5) is 19.9. The van der Waals surface area contributed by atoms with Crippen LogP contribution >= 0.6 is 15.9 Å². The fourth-order valence-corrected chi connectivity index (χ4v) is 6.81. The minimum atomic E-state index is -0.350. The highest BCUT2D eigenvalue weighted by Crippen LogP contribution is 2.44. The van der Waals surface area contributed by atoms with Gasteiger partial charge in [0, 0.05) is 43.4 Å². The smallest absolute Gasteiger partial charge is 0.321 e. The normalized spacial score (nSPS) is 18.5. The van der Waals surface area contributed by atoms with E-state index in [-0.39, 0.29) is 23.7 Å². The Labute approximate surface area is 292 Å². The van der Waals surface area contributed by atoms with E-state index in [2.05, 4.69) is 46.9 Å². The Morgan fingerprint density at radius 2 is 1.37 bits per heavy atom. The summed E-state index contributed by atoms with van der Waals surface area (Å²) in [6, 6.07) is 15.0. The van der Waals surface area contributed by atoms with Crippen molar-refractivity contribution in [2.24, 2.45) is 17.8 Å². The molecule has 258 valence electrons. The third-order valence-electron chi connectivity index (χ3n) is 8.77. The van der Waals surface area contributed by atoms with Crippen LogP contribution in [0.4, 0.5) is 14.6 Å². The van der Waals surface area contributed by atoms with Crippen molar-refractivity contribution < 1.29 is 18.3 Å². The highest BCUT2D eigenvalue weighted by atomic mass is 79.9. The molecule has 11 nitrogen and oxygen atoms in total. The molecule has 0 amide bonds. The predicted molar refractivity (Wildman–Crippen MR) is 184 cm³/mol. The van der Waals surface area contributed by atoms with Crippen LogP contribution in [0, 0.1) is 36.3 Å². The number of halogens is 3. The zero-order valence-electron chi connectivity index (χ0n) is 28.2. The van der Waals surface area contributed by atoms with Gasteiger partial charge in [-0.2, -0.15) is 15.1 Å². The Balaban J connectivity index is 0.000000207.